The third-order valence-electron chi connectivity index (χ3n) is 4.12. The van der Waals surface area contributed by atoms with Gasteiger partial charge in [0.1, 0.15) is 6.61 Å². The smallest absolute Gasteiger partial charge is 0.336 e. The van der Waals surface area contributed by atoms with Gasteiger partial charge in [-0.05, 0) is 19.4 Å². The van der Waals surface area contributed by atoms with E-state index in [-0.39, 0.29) is 41.3 Å². The fraction of sp³-hybridized carbons (Fsp3) is 0.353. The first-order valence-electron chi connectivity index (χ1n) is 7.95. The molecule has 0 amide bonds. The molecule has 0 aliphatic carbocycles. The Morgan fingerprint density at radius 1 is 1.33 bits per heavy atom. The lowest BCUT2D eigenvalue weighted by atomic mass is 9.80. The molecule has 27 heavy (non-hydrogen) atoms. The predicted molar refractivity (Wildman–Crippen MR) is 93.6 cm³/mol. The number of ether oxygens (including phenoxy) is 1. The highest BCUT2D eigenvalue weighted by atomic mass is 16.6. The van der Waals surface area contributed by atoms with E-state index in [1.807, 2.05) is 6.07 Å². The maximum atomic E-state index is 12.5. The van der Waals surface area contributed by atoms with Crippen molar-refractivity contribution in [3.05, 3.63) is 61.3 Å². The number of nitro benzene ring substituents is 1. The summed E-state index contributed by atoms with van der Waals surface area (Å²) < 4.78 is 5.04. The summed E-state index contributed by atoms with van der Waals surface area (Å²) in [6, 6.07) is 5.82. The topological polar surface area (TPSA) is 149 Å². The van der Waals surface area contributed by atoms with Crippen molar-refractivity contribution >= 4 is 17.4 Å². The van der Waals surface area contributed by atoms with Crippen LogP contribution in [0.1, 0.15) is 31.7 Å². The van der Waals surface area contributed by atoms with Crippen molar-refractivity contribution in [2.45, 2.75) is 32.2 Å². The van der Waals surface area contributed by atoms with Crippen LogP contribution in [0.3, 0.4) is 0 Å². The van der Waals surface area contributed by atoms with Gasteiger partial charge in [0.05, 0.1) is 34.6 Å². The number of allylic oxidation sites excluding steroid dienone is 1. The zero-order valence-corrected chi connectivity index (χ0v) is 14.6. The Kier molecular flexibility index (Phi) is 5.97. The number of hydrogen-bond acceptors (Lipinski definition) is 8. The largest absolute Gasteiger partial charge is 0.461 e. The summed E-state index contributed by atoms with van der Waals surface area (Å²) in [6.45, 7) is 2.82. The zero-order chi connectivity index (χ0) is 20.1. The van der Waals surface area contributed by atoms with Crippen molar-refractivity contribution in [3.63, 3.8) is 0 Å². The molecule has 1 aliphatic rings. The fourth-order valence-corrected chi connectivity index (χ4v) is 3.01. The summed E-state index contributed by atoms with van der Waals surface area (Å²) in [5.74, 6) is -1.92. The van der Waals surface area contributed by atoms with Gasteiger partial charge in [0.2, 0.25) is 0 Å². The maximum Gasteiger partial charge on any atom is 0.336 e. The van der Waals surface area contributed by atoms with E-state index < -0.39 is 27.8 Å². The van der Waals surface area contributed by atoms with Gasteiger partial charge in [-0.25, -0.2) is 4.79 Å². The van der Waals surface area contributed by atoms with Crippen LogP contribution in [0.5, 0.6) is 0 Å². The Bertz CT molecular complexity index is 899. The molecule has 0 aromatic heterocycles. The summed E-state index contributed by atoms with van der Waals surface area (Å²) in [5.41, 5.74) is 0.378. The van der Waals surface area contributed by atoms with Crippen molar-refractivity contribution in [2.24, 2.45) is 4.99 Å². The lowest BCUT2D eigenvalue weighted by molar-refractivity contribution is -0.505. The monoisotopic (exact) mass is 372 g/mol. The lowest BCUT2D eigenvalue weighted by Gasteiger charge is -2.27. The van der Waals surface area contributed by atoms with E-state index in [0.717, 1.165) is 0 Å². The van der Waals surface area contributed by atoms with Gasteiger partial charge in [0.25, 0.3) is 11.7 Å². The third kappa shape index (κ3) is 4.14. The molecule has 10 nitrogen and oxygen atoms in total. The highest BCUT2D eigenvalue weighted by Gasteiger charge is 2.45. The Balaban J connectivity index is 2.58. The summed E-state index contributed by atoms with van der Waals surface area (Å²) in [7, 11) is 0. The minimum atomic E-state index is -1.37. The molecule has 0 spiro atoms. The second kappa shape index (κ2) is 8.18. The molecule has 1 heterocycles. The number of carbonyl (C=O) groups excluding carboxylic acids is 1. The quantitative estimate of drug-likeness (QED) is 0.322. The second-order valence-electron chi connectivity index (χ2n) is 5.86. The normalized spacial score (nSPS) is 19.1. The number of aliphatic imine (C=N–C) groups is 1. The Morgan fingerprint density at radius 3 is 2.63 bits per heavy atom. The Morgan fingerprint density at radius 2 is 2.04 bits per heavy atom. The fourth-order valence-electron chi connectivity index (χ4n) is 3.01. The van der Waals surface area contributed by atoms with Crippen molar-refractivity contribution in [2.75, 3.05) is 6.61 Å². The number of nitro groups is 2. The first-order valence-corrected chi connectivity index (χ1v) is 7.95. The minimum absolute atomic E-state index is 0.0273. The van der Waals surface area contributed by atoms with Gasteiger partial charge in [-0.2, -0.15) is 5.26 Å². The molecule has 0 bridgehead atoms. The van der Waals surface area contributed by atoms with Crippen LogP contribution in [-0.4, -0.2) is 34.2 Å². The lowest BCUT2D eigenvalue weighted by Crippen LogP contribution is -2.40. The first-order chi connectivity index (χ1) is 12.8. The first kappa shape index (κ1) is 19.7. The van der Waals surface area contributed by atoms with Crippen molar-refractivity contribution in [1.82, 2.24) is 0 Å². The molecule has 2 unspecified atom stereocenters. The standard InChI is InChI=1S/C17H16N4O6/c1-10-14(17(22)27-8-4-7-18)15(16(21(25)26)11(2)19-10)12-5-3-6-13(9-12)20(23)24/h3,5-6,9,15-16H,4,8H2,1-2H3. The maximum absolute atomic E-state index is 12.5. The Labute approximate surface area is 154 Å². The van der Waals surface area contributed by atoms with Gasteiger partial charge < -0.3 is 4.74 Å². The number of non-ortho nitro benzene ring substituents is 1. The number of nitriles is 1. The van der Waals surface area contributed by atoms with Crippen LogP contribution in [0, 0.1) is 31.6 Å². The van der Waals surface area contributed by atoms with Crippen LogP contribution < -0.4 is 0 Å². The average molecular weight is 372 g/mol. The summed E-state index contributed by atoms with van der Waals surface area (Å²) in [5, 5.41) is 31.3. The Hall–Kier alpha value is -3.61. The molecule has 0 saturated carbocycles. The van der Waals surface area contributed by atoms with Crippen LogP contribution in [0.4, 0.5) is 5.69 Å². The van der Waals surface area contributed by atoms with Gasteiger partial charge in [-0.1, -0.05) is 12.1 Å². The van der Waals surface area contributed by atoms with E-state index >= 15 is 0 Å². The highest BCUT2D eigenvalue weighted by Crippen LogP contribution is 2.38. The number of benzene rings is 1. The van der Waals surface area contributed by atoms with Gasteiger partial charge in [-0.3, -0.25) is 25.2 Å². The van der Waals surface area contributed by atoms with Gasteiger partial charge in [0.15, 0.2) is 0 Å². The van der Waals surface area contributed by atoms with E-state index in [1.54, 1.807) is 0 Å². The molecule has 0 fully saturated rings. The number of carbonyl (C=O) groups is 1. The predicted octanol–water partition coefficient (Wildman–Crippen LogP) is 2.53. The van der Waals surface area contributed by atoms with E-state index in [9.17, 15) is 25.0 Å². The van der Waals surface area contributed by atoms with Crippen molar-refractivity contribution in [3.8, 4) is 6.07 Å². The van der Waals surface area contributed by atoms with Gasteiger partial charge in [-0.15, -0.1) is 0 Å². The molecule has 1 aromatic rings. The van der Waals surface area contributed by atoms with Crippen LogP contribution in [-0.2, 0) is 9.53 Å². The molecule has 140 valence electrons. The van der Waals surface area contributed by atoms with Crippen LogP contribution in [0.2, 0.25) is 0 Å². The molecule has 0 radical (unpaired) electrons. The van der Waals surface area contributed by atoms with Crippen LogP contribution >= 0.6 is 0 Å². The van der Waals surface area contributed by atoms with Crippen molar-refractivity contribution < 1.29 is 19.4 Å². The molecule has 0 N–H and O–H groups in total. The number of nitrogens with zero attached hydrogens (tertiary/aromatic N) is 4. The van der Waals surface area contributed by atoms with E-state index in [0.29, 0.717) is 0 Å². The van der Waals surface area contributed by atoms with E-state index in [1.165, 1.54) is 38.1 Å². The van der Waals surface area contributed by atoms with Crippen LogP contribution in [0.15, 0.2) is 40.5 Å². The molecule has 1 aliphatic heterocycles. The van der Waals surface area contributed by atoms with E-state index in [4.69, 9.17) is 10.00 Å². The van der Waals surface area contributed by atoms with Crippen molar-refractivity contribution in [1.29, 1.82) is 5.26 Å². The van der Waals surface area contributed by atoms with E-state index in [2.05, 4.69) is 4.99 Å². The third-order valence-corrected chi connectivity index (χ3v) is 4.12. The molecular weight excluding hydrogens is 356 g/mol. The number of hydrogen-bond donors (Lipinski definition) is 0. The number of esters is 1. The summed E-state index contributed by atoms with van der Waals surface area (Å²) in [4.78, 5) is 38.2. The molecule has 2 rings (SSSR count). The van der Waals surface area contributed by atoms with Gasteiger partial charge >= 0.3 is 5.97 Å². The molecule has 2 atom stereocenters. The zero-order valence-electron chi connectivity index (χ0n) is 14.6. The molecule has 1 aromatic carbocycles. The minimum Gasteiger partial charge on any atom is -0.461 e. The average Bonchev–Trinajstić information content (AvgIpc) is 2.60. The molecule has 10 heteroatoms. The summed E-state index contributed by atoms with van der Waals surface area (Å²) >= 11 is 0. The summed E-state index contributed by atoms with van der Waals surface area (Å²) in [6.07, 6.45) is -0.0273. The molecule has 0 saturated heterocycles. The van der Waals surface area contributed by atoms with Crippen LogP contribution in [0.25, 0.3) is 0 Å². The van der Waals surface area contributed by atoms with Gasteiger partial charge in [0, 0.05) is 22.8 Å². The second-order valence-corrected chi connectivity index (χ2v) is 5.86. The number of rotatable bonds is 6. The SMILES string of the molecule is CC1=NC(C)=C(C(=O)OCCC#N)C(c2cccc([N+](=O)[O-])c2)C1[N+](=O)[O-]. The highest BCUT2D eigenvalue weighted by molar-refractivity contribution is 5.98. The molecular formula is C17H16N4O6.